The van der Waals surface area contributed by atoms with Crippen molar-refractivity contribution < 1.29 is 23.9 Å². The van der Waals surface area contributed by atoms with E-state index in [1.165, 1.54) is 0 Å². The summed E-state index contributed by atoms with van der Waals surface area (Å²) in [5.41, 5.74) is 2.94. The summed E-state index contributed by atoms with van der Waals surface area (Å²) in [4.78, 5) is 35.6. The molecule has 0 fully saturated rings. The van der Waals surface area contributed by atoms with Crippen LogP contribution in [-0.4, -0.2) is 36.7 Å². The molecule has 3 N–H and O–H groups in total. The molecule has 2 aromatic rings. The van der Waals surface area contributed by atoms with Crippen LogP contribution in [0.4, 0.5) is 10.5 Å². The zero-order valence-electron chi connectivity index (χ0n) is 19.2. The molecule has 0 aliphatic heterocycles. The van der Waals surface area contributed by atoms with Crippen LogP contribution in [-0.2, 0) is 20.9 Å². The van der Waals surface area contributed by atoms with Crippen molar-refractivity contribution in [3.63, 3.8) is 0 Å². The molecule has 3 amide bonds. The average Bonchev–Trinajstić information content (AvgIpc) is 2.70. The lowest BCUT2D eigenvalue weighted by Gasteiger charge is -2.19. The summed E-state index contributed by atoms with van der Waals surface area (Å²) in [6, 6.07) is 12.8. The Hall–Kier alpha value is -3.55. The normalized spacial score (nSPS) is 10.8. The Morgan fingerprint density at radius 2 is 1.59 bits per heavy atom. The number of rotatable bonds is 8. The first-order valence-electron chi connectivity index (χ1n) is 10.3. The van der Waals surface area contributed by atoms with E-state index in [-0.39, 0.29) is 25.0 Å². The van der Waals surface area contributed by atoms with Crippen LogP contribution in [0.3, 0.4) is 0 Å². The van der Waals surface area contributed by atoms with Crippen molar-refractivity contribution in [2.24, 2.45) is 0 Å². The molecule has 0 saturated carbocycles. The summed E-state index contributed by atoms with van der Waals surface area (Å²) < 4.78 is 10.7. The van der Waals surface area contributed by atoms with Gasteiger partial charge in [0.2, 0.25) is 5.91 Å². The topological polar surface area (TPSA) is 106 Å². The number of nitrogens with one attached hydrogen (secondary N) is 3. The highest BCUT2D eigenvalue weighted by Crippen LogP contribution is 2.18. The first-order chi connectivity index (χ1) is 15.0. The van der Waals surface area contributed by atoms with Crippen molar-refractivity contribution in [1.82, 2.24) is 10.6 Å². The number of amides is 3. The molecule has 8 nitrogen and oxygen atoms in total. The van der Waals surface area contributed by atoms with E-state index in [4.69, 9.17) is 9.47 Å². The molecule has 0 radical (unpaired) electrons. The standard InChI is InChI=1S/C24H31N3O5/c1-16-6-11-20(17(2)12-16)31-15-22(29)25-13-18-7-9-19(10-8-18)27-21(28)14-26-23(30)32-24(3,4)5/h6-12H,13-15H2,1-5H3,(H,25,29)(H,26,30)(H,27,28). The molecule has 0 atom stereocenters. The first-order valence-corrected chi connectivity index (χ1v) is 10.3. The molecule has 172 valence electrons. The summed E-state index contributed by atoms with van der Waals surface area (Å²) in [6.45, 7) is 9.24. The van der Waals surface area contributed by atoms with E-state index in [0.717, 1.165) is 16.7 Å². The van der Waals surface area contributed by atoms with Gasteiger partial charge in [-0.05, 0) is 63.9 Å². The smallest absolute Gasteiger partial charge is 0.408 e. The Bertz CT molecular complexity index is 949. The van der Waals surface area contributed by atoms with Crippen molar-refractivity contribution in [2.45, 2.75) is 46.8 Å². The second-order valence-electron chi connectivity index (χ2n) is 8.43. The summed E-state index contributed by atoms with van der Waals surface area (Å²) in [7, 11) is 0. The van der Waals surface area contributed by atoms with Crippen molar-refractivity contribution in [3.05, 3.63) is 59.2 Å². The van der Waals surface area contributed by atoms with Crippen molar-refractivity contribution >= 4 is 23.6 Å². The monoisotopic (exact) mass is 441 g/mol. The molecule has 0 aromatic heterocycles. The van der Waals surface area contributed by atoms with E-state index >= 15 is 0 Å². The van der Waals surface area contributed by atoms with Crippen LogP contribution >= 0.6 is 0 Å². The molecule has 8 heteroatoms. The molecule has 0 saturated heterocycles. The SMILES string of the molecule is Cc1ccc(OCC(=O)NCc2ccc(NC(=O)CNC(=O)OC(C)(C)C)cc2)c(C)c1. The largest absolute Gasteiger partial charge is 0.484 e. The number of alkyl carbamates (subject to hydrolysis) is 1. The maximum Gasteiger partial charge on any atom is 0.408 e. The second-order valence-corrected chi connectivity index (χ2v) is 8.43. The lowest BCUT2D eigenvalue weighted by molar-refractivity contribution is -0.123. The maximum absolute atomic E-state index is 12.1. The van der Waals surface area contributed by atoms with Gasteiger partial charge in [-0.1, -0.05) is 29.8 Å². The summed E-state index contributed by atoms with van der Waals surface area (Å²) in [6.07, 6.45) is -0.653. The minimum Gasteiger partial charge on any atom is -0.484 e. The first kappa shape index (κ1) is 24.7. The van der Waals surface area contributed by atoms with Crippen LogP contribution < -0.4 is 20.7 Å². The Morgan fingerprint density at radius 3 is 2.22 bits per heavy atom. The predicted octanol–water partition coefficient (Wildman–Crippen LogP) is 3.46. The van der Waals surface area contributed by atoms with E-state index < -0.39 is 11.7 Å². The van der Waals surface area contributed by atoms with Gasteiger partial charge in [0.1, 0.15) is 17.9 Å². The number of anilines is 1. The molecule has 0 aliphatic carbocycles. The van der Waals surface area contributed by atoms with Crippen LogP contribution in [0.25, 0.3) is 0 Å². The molecule has 0 aliphatic rings. The van der Waals surface area contributed by atoms with Gasteiger partial charge in [0.25, 0.3) is 5.91 Å². The van der Waals surface area contributed by atoms with Gasteiger partial charge < -0.3 is 25.4 Å². The van der Waals surface area contributed by atoms with Gasteiger partial charge in [0.05, 0.1) is 0 Å². The lowest BCUT2D eigenvalue weighted by atomic mass is 10.1. The van der Waals surface area contributed by atoms with Crippen LogP contribution in [0.1, 0.15) is 37.5 Å². The van der Waals surface area contributed by atoms with E-state index in [0.29, 0.717) is 18.0 Å². The van der Waals surface area contributed by atoms with Crippen molar-refractivity contribution in [1.29, 1.82) is 0 Å². The molecule has 0 spiro atoms. The van der Waals surface area contributed by atoms with E-state index in [9.17, 15) is 14.4 Å². The maximum atomic E-state index is 12.1. The molecule has 2 rings (SSSR count). The summed E-state index contributed by atoms with van der Waals surface area (Å²) in [5.74, 6) is 0.0861. The minimum absolute atomic E-state index is 0.0668. The molecule has 0 bridgehead atoms. The van der Waals surface area contributed by atoms with Crippen LogP contribution in [0, 0.1) is 13.8 Å². The number of ether oxygens (including phenoxy) is 2. The fraction of sp³-hybridized carbons (Fsp3) is 0.375. The fourth-order valence-electron chi connectivity index (χ4n) is 2.73. The molecule has 0 heterocycles. The number of carbonyl (C=O) groups excluding carboxylic acids is 3. The Labute approximate surface area is 188 Å². The highest BCUT2D eigenvalue weighted by Gasteiger charge is 2.16. The summed E-state index contributed by atoms with van der Waals surface area (Å²) >= 11 is 0. The Balaban J connectivity index is 1.72. The Morgan fingerprint density at radius 1 is 0.906 bits per heavy atom. The van der Waals surface area contributed by atoms with Gasteiger partial charge in [0, 0.05) is 12.2 Å². The number of hydrogen-bond donors (Lipinski definition) is 3. The van der Waals surface area contributed by atoms with E-state index in [2.05, 4.69) is 16.0 Å². The highest BCUT2D eigenvalue weighted by molar-refractivity contribution is 5.93. The third-order valence-corrected chi connectivity index (χ3v) is 4.21. The van der Waals surface area contributed by atoms with Crippen molar-refractivity contribution in [2.75, 3.05) is 18.5 Å². The molecular weight excluding hydrogens is 410 g/mol. The zero-order chi connectivity index (χ0) is 23.7. The quantitative estimate of drug-likeness (QED) is 0.582. The number of hydrogen-bond acceptors (Lipinski definition) is 5. The van der Waals surface area contributed by atoms with E-state index in [1.54, 1.807) is 45.0 Å². The minimum atomic E-state index is -0.653. The average molecular weight is 442 g/mol. The van der Waals surface area contributed by atoms with Crippen LogP contribution in [0.15, 0.2) is 42.5 Å². The van der Waals surface area contributed by atoms with Crippen LogP contribution in [0.5, 0.6) is 5.75 Å². The third-order valence-electron chi connectivity index (χ3n) is 4.21. The van der Waals surface area contributed by atoms with Gasteiger partial charge >= 0.3 is 6.09 Å². The van der Waals surface area contributed by atoms with Gasteiger partial charge in [-0.15, -0.1) is 0 Å². The second kappa shape index (κ2) is 11.2. The number of benzene rings is 2. The van der Waals surface area contributed by atoms with E-state index in [1.807, 2.05) is 32.0 Å². The zero-order valence-corrected chi connectivity index (χ0v) is 19.2. The fourth-order valence-corrected chi connectivity index (χ4v) is 2.73. The molecule has 32 heavy (non-hydrogen) atoms. The highest BCUT2D eigenvalue weighted by atomic mass is 16.6. The van der Waals surface area contributed by atoms with Gasteiger partial charge in [-0.2, -0.15) is 0 Å². The van der Waals surface area contributed by atoms with Gasteiger partial charge in [-0.3, -0.25) is 9.59 Å². The Kier molecular flexibility index (Phi) is 8.63. The van der Waals surface area contributed by atoms with Gasteiger partial charge in [0.15, 0.2) is 6.61 Å². The lowest BCUT2D eigenvalue weighted by Crippen LogP contribution is -2.37. The number of aryl methyl sites for hydroxylation is 2. The van der Waals surface area contributed by atoms with Crippen LogP contribution in [0.2, 0.25) is 0 Å². The van der Waals surface area contributed by atoms with Gasteiger partial charge in [-0.25, -0.2) is 4.79 Å². The molecule has 2 aromatic carbocycles. The number of carbonyl (C=O) groups is 3. The summed E-state index contributed by atoms with van der Waals surface area (Å²) in [5, 5.41) is 7.88. The molecular formula is C24H31N3O5. The molecule has 0 unspecified atom stereocenters. The van der Waals surface area contributed by atoms with Crippen molar-refractivity contribution in [3.8, 4) is 5.75 Å². The third kappa shape index (κ3) is 9.07. The predicted molar refractivity (Wildman–Crippen MR) is 123 cm³/mol.